The number of likely N-dealkylation sites (tertiary alicyclic amines) is 1. The fourth-order valence-corrected chi connectivity index (χ4v) is 3.20. The molecular formula is C14H23NO3. The minimum Gasteiger partial charge on any atom is -0.444 e. The second kappa shape index (κ2) is 4.90. The van der Waals surface area contributed by atoms with Crippen LogP contribution in [-0.2, 0) is 9.53 Å². The van der Waals surface area contributed by atoms with Crippen molar-refractivity contribution in [1.29, 1.82) is 0 Å². The lowest BCUT2D eigenvalue weighted by Gasteiger charge is -2.43. The summed E-state index contributed by atoms with van der Waals surface area (Å²) in [4.78, 5) is 24.7. The quantitative estimate of drug-likeness (QED) is 0.674. The normalized spacial score (nSPS) is 31.9. The Morgan fingerprint density at radius 3 is 2.17 bits per heavy atom. The van der Waals surface area contributed by atoms with E-state index in [1.165, 1.54) is 0 Å². The average molecular weight is 253 g/mol. The standard InChI is InChI=1S/C14H23NO3/c1-14(2,3)18-13(17)15-7-10-4-11(8-15)6-12(5-10)9-16/h9-12H,4-8H2,1-3H3/t10-,11-/m1/s1. The molecule has 2 atom stereocenters. The van der Waals surface area contributed by atoms with Gasteiger partial charge in [0.15, 0.2) is 0 Å². The van der Waals surface area contributed by atoms with Crippen molar-refractivity contribution in [1.82, 2.24) is 4.90 Å². The molecule has 1 saturated carbocycles. The molecule has 0 spiro atoms. The Morgan fingerprint density at radius 1 is 1.17 bits per heavy atom. The van der Waals surface area contributed by atoms with E-state index < -0.39 is 5.60 Å². The smallest absolute Gasteiger partial charge is 0.410 e. The molecule has 4 heteroatoms. The van der Waals surface area contributed by atoms with E-state index in [1.807, 2.05) is 25.7 Å². The van der Waals surface area contributed by atoms with Gasteiger partial charge in [-0.15, -0.1) is 0 Å². The van der Waals surface area contributed by atoms with E-state index in [0.29, 0.717) is 11.8 Å². The highest BCUT2D eigenvalue weighted by atomic mass is 16.6. The van der Waals surface area contributed by atoms with Gasteiger partial charge in [0.2, 0.25) is 0 Å². The number of amides is 1. The number of aldehydes is 1. The molecule has 2 aliphatic rings. The Labute approximate surface area is 109 Å². The van der Waals surface area contributed by atoms with E-state index >= 15 is 0 Å². The molecule has 0 N–H and O–H groups in total. The predicted octanol–water partition coefficient (Wildman–Crippen LogP) is 2.47. The van der Waals surface area contributed by atoms with Crippen LogP contribution in [0.1, 0.15) is 40.0 Å². The lowest BCUT2D eigenvalue weighted by molar-refractivity contribution is -0.113. The number of piperidine rings is 1. The molecule has 1 aliphatic carbocycles. The van der Waals surface area contributed by atoms with E-state index in [2.05, 4.69) is 0 Å². The predicted molar refractivity (Wildman–Crippen MR) is 68.2 cm³/mol. The summed E-state index contributed by atoms with van der Waals surface area (Å²) in [6.07, 6.45) is 3.90. The lowest BCUT2D eigenvalue weighted by atomic mass is 9.73. The van der Waals surface area contributed by atoms with Gasteiger partial charge in [-0.3, -0.25) is 0 Å². The van der Waals surface area contributed by atoms with E-state index in [-0.39, 0.29) is 12.0 Å². The number of fused-ring (bicyclic) bond motifs is 2. The van der Waals surface area contributed by atoms with Gasteiger partial charge in [0.1, 0.15) is 11.9 Å². The second-order valence-corrected chi connectivity index (χ2v) is 6.72. The topological polar surface area (TPSA) is 46.6 Å². The summed E-state index contributed by atoms with van der Waals surface area (Å²) in [5.74, 6) is 1.15. The van der Waals surface area contributed by atoms with Gasteiger partial charge in [0, 0.05) is 19.0 Å². The van der Waals surface area contributed by atoms with Gasteiger partial charge in [-0.1, -0.05) is 0 Å². The van der Waals surface area contributed by atoms with Crippen LogP contribution in [0.4, 0.5) is 4.79 Å². The lowest BCUT2D eigenvalue weighted by Crippen LogP contribution is -2.48. The van der Waals surface area contributed by atoms with Gasteiger partial charge in [-0.2, -0.15) is 0 Å². The summed E-state index contributed by atoms with van der Waals surface area (Å²) in [5.41, 5.74) is -0.436. The summed E-state index contributed by atoms with van der Waals surface area (Å²) >= 11 is 0. The van der Waals surface area contributed by atoms with Crippen molar-refractivity contribution < 1.29 is 14.3 Å². The van der Waals surface area contributed by atoms with Crippen LogP contribution in [-0.4, -0.2) is 36.0 Å². The summed E-state index contributed by atoms with van der Waals surface area (Å²) in [6, 6.07) is 0. The Morgan fingerprint density at radius 2 is 1.72 bits per heavy atom. The second-order valence-electron chi connectivity index (χ2n) is 6.72. The Balaban J connectivity index is 1.94. The zero-order valence-corrected chi connectivity index (χ0v) is 11.5. The molecule has 0 aromatic carbocycles. The Hall–Kier alpha value is -1.06. The van der Waals surface area contributed by atoms with Gasteiger partial charge in [0.05, 0.1) is 0 Å². The molecule has 0 aromatic heterocycles. The number of carbonyl (C=O) groups excluding carboxylic acids is 2. The third-order valence-corrected chi connectivity index (χ3v) is 3.74. The number of rotatable bonds is 1. The first-order chi connectivity index (χ1) is 8.37. The van der Waals surface area contributed by atoms with Crippen molar-refractivity contribution >= 4 is 12.4 Å². The van der Waals surface area contributed by atoms with E-state index in [1.54, 1.807) is 0 Å². The van der Waals surface area contributed by atoms with Crippen molar-refractivity contribution in [3.8, 4) is 0 Å². The minimum absolute atomic E-state index is 0.203. The molecule has 1 amide bonds. The minimum atomic E-state index is -0.436. The molecule has 0 radical (unpaired) electrons. The average Bonchev–Trinajstić information content (AvgIpc) is 2.25. The zero-order chi connectivity index (χ0) is 13.3. The summed E-state index contributed by atoms with van der Waals surface area (Å²) in [6.45, 7) is 7.15. The maximum absolute atomic E-state index is 12.0. The maximum Gasteiger partial charge on any atom is 0.410 e. The molecule has 1 aliphatic heterocycles. The van der Waals surface area contributed by atoms with Crippen LogP contribution < -0.4 is 0 Å². The van der Waals surface area contributed by atoms with E-state index in [0.717, 1.165) is 38.6 Å². The molecule has 4 nitrogen and oxygen atoms in total. The summed E-state index contributed by atoms with van der Waals surface area (Å²) in [5, 5.41) is 0. The summed E-state index contributed by atoms with van der Waals surface area (Å²) < 4.78 is 5.41. The number of hydrogen-bond acceptors (Lipinski definition) is 3. The molecule has 0 unspecified atom stereocenters. The fourth-order valence-electron chi connectivity index (χ4n) is 3.20. The van der Waals surface area contributed by atoms with Gasteiger partial charge in [-0.25, -0.2) is 4.79 Å². The molecular weight excluding hydrogens is 230 g/mol. The molecule has 1 heterocycles. The van der Waals surface area contributed by atoms with Crippen LogP contribution in [0, 0.1) is 17.8 Å². The van der Waals surface area contributed by atoms with E-state index in [4.69, 9.17) is 4.74 Å². The van der Waals surface area contributed by atoms with E-state index in [9.17, 15) is 9.59 Å². The van der Waals surface area contributed by atoms with Gasteiger partial charge >= 0.3 is 6.09 Å². The molecule has 2 rings (SSSR count). The third kappa shape index (κ3) is 3.24. The van der Waals surface area contributed by atoms with Crippen LogP contribution in [0.3, 0.4) is 0 Å². The number of carbonyl (C=O) groups is 2. The molecule has 0 aromatic rings. The highest BCUT2D eigenvalue weighted by molar-refractivity contribution is 5.68. The molecule has 1 saturated heterocycles. The fraction of sp³-hybridized carbons (Fsp3) is 0.857. The number of nitrogens with zero attached hydrogens (tertiary/aromatic N) is 1. The van der Waals surface area contributed by atoms with Crippen molar-refractivity contribution in [2.45, 2.75) is 45.6 Å². The third-order valence-electron chi connectivity index (χ3n) is 3.74. The SMILES string of the molecule is CC(C)(C)OC(=O)N1C[C@H]2CC(C=O)C[C@@H](C2)C1. The van der Waals surface area contributed by atoms with Crippen LogP contribution in [0.5, 0.6) is 0 Å². The summed E-state index contributed by atoms with van der Waals surface area (Å²) in [7, 11) is 0. The van der Waals surface area contributed by atoms with Crippen molar-refractivity contribution in [2.24, 2.45) is 17.8 Å². The largest absolute Gasteiger partial charge is 0.444 e. The molecule has 2 fully saturated rings. The first-order valence-electron chi connectivity index (χ1n) is 6.80. The highest BCUT2D eigenvalue weighted by Gasteiger charge is 2.37. The van der Waals surface area contributed by atoms with Crippen LogP contribution in [0.25, 0.3) is 0 Å². The van der Waals surface area contributed by atoms with Gasteiger partial charge in [0.25, 0.3) is 0 Å². The first kappa shape index (κ1) is 13.4. The van der Waals surface area contributed by atoms with Crippen molar-refractivity contribution in [3.05, 3.63) is 0 Å². The van der Waals surface area contributed by atoms with Crippen LogP contribution in [0.15, 0.2) is 0 Å². The first-order valence-corrected chi connectivity index (χ1v) is 6.80. The van der Waals surface area contributed by atoms with Crippen LogP contribution in [0.2, 0.25) is 0 Å². The monoisotopic (exact) mass is 253 g/mol. The maximum atomic E-state index is 12.0. The number of ether oxygens (including phenoxy) is 1. The van der Waals surface area contributed by atoms with Crippen molar-refractivity contribution in [2.75, 3.05) is 13.1 Å². The van der Waals surface area contributed by atoms with Gasteiger partial charge in [-0.05, 0) is 51.9 Å². The van der Waals surface area contributed by atoms with Gasteiger partial charge < -0.3 is 14.4 Å². The number of hydrogen-bond donors (Lipinski definition) is 0. The highest BCUT2D eigenvalue weighted by Crippen LogP contribution is 2.37. The Bertz CT molecular complexity index is 320. The molecule has 2 bridgehead atoms. The molecule has 18 heavy (non-hydrogen) atoms. The van der Waals surface area contributed by atoms with Crippen molar-refractivity contribution in [3.63, 3.8) is 0 Å². The Kier molecular flexibility index (Phi) is 3.64. The molecule has 102 valence electrons. The van der Waals surface area contributed by atoms with Crippen LogP contribution >= 0.6 is 0 Å². The zero-order valence-electron chi connectivity index (χ0n) is 11.5.